The highest BCUT2D eigenvalue weighted by molar-refractivity contribution is 6.16. The molecule has 1 fully saturated rings. The third-order valence-corrected chi connectivity index (χ3v) is 3.91. The van der Waals surface area contributed by atoms with Crippen molar-refractivity contribution in [3.8, 4) is 11.4 Å². The van der Waals surface area contributed by atoms with Crippen LogP contribution in [0.4, 0.5) is 18.9 Å². The highest BCUT2D eigenvalue weighted by Gasteiger charge is 2.39. The summed E-state index contributed by atoms with van der Waals surface area (Å²) in [5.74, 6) is -2.76. The van der Waals surface area contributed by atoms with Crippen molar-refractivity contribution < 1.29 is 27.3 Å². The van der Waals surface area contributed by atoms with Gasteiger partial charge in [-0.3, -0.25) is 14.5 Å². The highest BCUT2D eigenvalue weighted by Crippen LogP contribution is 2.34. The van der Waals surface area contributed by atoms with Crippen LogP contribution in [0.3, 0.4) is 0 Å². The van der Waals surface area contributed by atoms with Gasteiger partial charge in [0.05, 0.1) is 5.69 Å². The summed E-state index contributed by atoms with van der Waals surface area (Å²) in [4.78, 5) is 29.3. The van der Waals surface area contributed by atoms with E-state index in [1.54, 1.807) is 13.8 Å². The molecule has 0 unspecified atom stereocenters. The highest BCUT2D eigenvalue weighted by atomic mass is 19.4. The zero-order valence-corrected chi connectivity index (χ0v) is 14.1. The van der Waals surface area contributed by atoms with Gasteiger partial charge in [-0.2, -0.15) is 18.2 Å². The van der Waals surface area contributed by atoms with E-state index in [2.05, 4.69) is 14.7 Å². The molecule has 1 aliphatic carbocycles. The molecular formula is C17H16F3N3O3. The molecule has 1 aliphatic rings. The number of nitrogens with zero attached hydrogens (tertiary/aromatic N) is 3. The first-order valence-electron chi connectivity index (χ1n) is 8.07. The summed E-state index contributed by atoms with van der Waals surface area (Å²) in [6.07, 6.45) is -3.22. The Kier molecular flexibility index (Phi) is 4.55. The second-order valence-corrected chi connectivity index (χ2v) is 6.41. The fourth-order valence-electron chi connectivity index (χ4n) is 2.35. The van der Waals surface area contributed by atoms with Gasteiger partial charge in [0.15, 0.2) is 0 Å². The van der Waals surface area contributed by atoms with E-state index in [0.29, 0.717) is 5.69 Å². The largest absolute Gasteiger partial charge is 0.471 e. The number of aromatic nitrogens is 2. The van der Waals surface area contributed by atoms with Crippen LogP contribution in [0.15, 0.2) is 28.8 Å². The molecule has 26 heavy (non-hydrogen) atoms. The molecule has 1 saturated carbocycles. The number of anilines is 1. The topological polar surface area (TPSA) is 76.3 Å². The average molecular weight is 367 g/mol. The smallest absolute Gasteiger partial charge is 0.329 e. The number of carbonyl (C=O) groups is 2. The molecule has 1 heterocycles. The lowest BCUT2D eigenvalue weighted by Gasteiger charge is -2.23. The van der Waals surface area contributed by atoms with Gasteiger partial charge in [0.25, 0.3) is 0 Å². The summed E-state index contributed by atoms with van der Waals surface area (Å²) in [7, 11) is 0. The SMILES string of the molecule is CC(C)C(=O)N(C(=O)C1CC1)c1ccc(-c2noc(C(F)(F)F)n2)cc1. The van der Waals surface area contributed by atoms with Crippen LogP contribution in [0.25, 0.3) is 11.4 Å². The summed E-state index contributed by atoms with van der Waals surface area (Å²) < 4.78 is 41.8. The third-order valence-electron chi connectivity index (χ3n) is 3.91. The number of halogens is 3. The number of carbonyl (C=O) groups excluding carboxylic acids is 2. The van der Waals surface area contributed by atoms with Crippen molar-refractivity contribution in [2.24, 2.45) is 11.8 Å². The molecule has 138 valence electrons. The van der Waals surface area contributed by atoms with Gasteiger partial charge < -0.3 is 4.52 Å². The summed E-state index contributed by atoms with van der Waals surface area (Å²) in [5, 5.41) is 3.31. The lowest BCUT2D eigenvalue weighted by atomic mass is 10.1. The number of imide groups is 1. The molecule has 0 aliphatic heterocycles. The maximum absolute atomic E-state index is 12.5. The summed E-state index contributed by atoms with van der Waals surface area (Å²) in [6.45, 7) is 3.39. The fourth-order valence-corrected chi connectivity index (χ4v) is 2.35. The Hall–Kier alpha value is -2.71. The molecule has 0 spiro atoms. The van der Waals surface area contributed by atoms with Gasteiger partial charge in [0.2, 0.25) is 17.6 Å². The predicted octanol–water partition coefficient (Wildman–Crippen LogP) is 3.68. The van der Waals surface area contributed by atoms with E-state index in [1.165, 1.54) is 24.3 Å². The minimum absolute atomic E-state index is 0.149. The van der Waals surface area contributed by atoms with E-state index in [0.717, 1.165) is 17.7 Å². The molecule has 2 amide bonds. The molecular weight excluding hydrogens is 351 g/mol. The number of hydrogen-bond donors (Lipinski definition) is 0. The zero-order valence-electron chi connectivity index (χ0n) is 14.1. The minimum atomic E-state index is -4.72. The molecule has 2 aromatic rings. The maximum Gasteiger partial charge on any atom is 0.471 e. The first-order chi connectivity index (χ1) is 12.2. The third kappa shape index (κ3) is 3.61. The second kappa shape index (κ2) is 6.54. The van der Waals surface area contributed by atoms with Crippen LogP contribution in [0.1, 0.15) is 32.6 Å². The van der Waals surface area contributed by atoms with Crippen LogP contribution in [0.5, 0.6) is 0 Å². The van der Waals surface area contributed by atoms with Crippen molar-refractivity contribution in [1.29, 1.82) is 0 Å². The van der Waals surface area contributed by atoms with Crippen LogP contribution < -0.4 is 4.90 Å². The summed E-state index contributed by atoms with van der Waals surface area (Å²) in [6, 6.07) is 5.86. The number of amides is 2. The average Bonchev–Trinajstić information content (AvgIpc) is 3.30. The minimum Gasteiger partial charge on any atom is -0.329 e. The van der Waals surface area contributed by atoms with Crippen molar-refractivity contribution in [1.82, 2.24) is 10.1 Å². The quantitative estimate of drug-likeness (QED) is 0.824. The van der Waals surface area contributed by atoms with Gasteiger partial charge in [-0.1, -0.05) is 19.0 Å². The van der Waals surface area contributed by atoms with Crippen molar-refractivity contribution >= 4 is 17.5 Å². The van der Waals surface area contributed by atoms with Gasteiger partial charge in [-0.15, -0.1) is 0 Å². The van der Waals surface area contributed by atoms with E-state index < -0.39 is 12.1 Å². The van der Waals surface area contributed by atoms with E-state index in [9.17, 15) is 22.8 Å². The number of benzene rings is 1. The monoisotopic (exact) mass is 367 g/mol. The molecule has 9 heteroatoms. The van der Waals surface area contributed by atoms with Gasteiger partial charge in [-0.05, 0) is 37.1 Å². The first kappa shape index (κ1) is 18.1. The van der Waals surface area contributed by atoms with Gasteiger partial charge in [0.1, 0.15) is 0 Å². The molecule has 0 N–H and O–H groups in total. The van der Waals surface area contributed by atoms with Crippen molar-refractivity contribution in [2.45, 2.75) is 32.9 Å². The van der Waals surface area contributed by atoms with Crippen molar-refractivity contribution in [2.75, 3.05) is 4.90 Å². The number of hydrogen-bond acceptors (Lipinski definition) is 5. The lowest BCUT2D eigenvalue weighted by molar-refractivity contribution is -0.159. The van der Waals surface area contributed by atoms with Crippen LogP contribution in [-0.4, -0.2) is 22.0 Å². The second-order valence-electron chi connectivity index (χ2n) is 6.41. The standard InChI is InChI=1S/C17H16F3N3O3/c1-9(2)14(24)23(15(25)11-3-4-11)12-7-5-10(6-8-12)13-21-16(26-22-13)17(18,19)20/h5-9,11H,3-4H2,1-2H3. The van der Waals surface area contributed by atoms with Crippen LogP contribution in [0, 0.1) is 11.8 Å². The van der Waals surface area contributed by atoms with E-state index in [4.69, 9.17) is 0 Å². The number of alkyl halides is 3. The van der Waals surface area contributed by atoms with Gasteiger partial charge in [0, 0.05) is 17.4 Å². The van der Waals surface area contributed by atoms with Crippen LogP contribution in [0.2, 0.25) is 0 Å². The molecule has 1 aromatic heterocycles. The van der Waals surface area contributed by atoms with Crippen molar-refractivity contribution in [3.63, 3.8) is 0 Å². The Morgan fingerprint density at radius 2 is 1.81 bits per heavy atom. The molecule has 0 radical (unpaired) electrons. The molecule has 0 bridgehead atoms. The summed E-state index contributed by atoms with van der Waals surface area (Å²) >= 11 is 0. The lowest BCUT2D eigenvalue weighted by Crippen LogP contribution is -2.40. The Bertz CT molecular complexity index is 810. The van der Waals surface area contributed by atoms with Crippen LogP contribution >= 0.6 is 0 Å². The molecule has 0 saturated heterocycles. The predicted molar refractivity (Wildman–Crippen MR) is 84.8 cm³/mol. The van der Waals surface area contributed by atoms with Crippen molar-refractivity contribution in [3.05, 3.63) is 30.2 Å². The first-order valence-corrected chi connectivity index (χ1v) is 8.07. The van der Waals surface area contributed by atoms with E-state index in [1.807, 2.05) is 0 Å². The molecule has 6 nitrogen and oxygen atoms in total. The maximum atomic E-state index is 12.5. The molecule has 1 aromatic carbocycles. The Morgan fingerprint density at radius 1 is 1.19 bits per heavy atom. The molecule has 0 atom stereocenters. The zero-order chi connectivity index (χ0) is 19.1. The number of rotatable bonds is 4. The van der Waals surface area contributed by atoms with Gasteiger partial charge in [-0.25, -0.2) is 0 Å². The normalized spacial score (nSPS) is 14.5. The Labute approximate surface area is 147 Å². The van der Waals surface area contributed by atoms with Gasteiger partial charge >= 0.3 is 12.1 Å². The summed E-state index contributed by atoms with van der Waals surface area (Å²) in [5.41, 5.74) is 0.646. The molecule has 3 rings (SSSR count). The van der Waals surface area contributed by atoms with Crippen LogP contribution in [-0.2, 0) is 15.8 Å². The fraction of sp³-hybridized carbons (Fsp3) is 0.412. The van der Waals surface area contributed by atoms with E-state index in [-0.39, 0.29) is 35.0 Å². The van der Waals surface area contributed by atoms with E-state index >= 15 is 0 Å². The Morgan fingerprint density at radius 3 is 2.27 bits per heavy atom. The Balaban J connectivity index is 1.88.